The Labute approximate surface area is 150 Å². The van der Waals surface area contributed by atoms with E-state index < -0.39 is 11.8 Å². The van der Waals surface area contributed by atoms with Crippen LogP contribution in [-0.4, -0.2) is 38.6 Å². The van der Waals surface area contributed by atoms with Gasteiger partial charge in [0.15, 0.2) is 5.75 Å². The van der Waals surface area contributed by atoms with Crippen molar-refractivity contribution in [1.82, 2.24) is 5.32 Å². The molecule has 0 unspecified atom stereocenters. The molecule has 0 saturated heterocycles. The lowest BCUT2D eigenvalue weighted by atomic mass is 9.99. The highest BCUT2D eigenvalue weighted by atomic mass is 19.1. The Balaban J connectivity index is 2.03. The Hall–Kier alpha value is -3.09. The minimum absolute atomic E-state index is 0.0433. The minimum atomic E-state index is -0.497. The van der Waals surface area contributed by atoms with Crippen LogP contribution in [0.5, 0.6) is 5.75 Å². The summed E-state index contributed by atoms with van der Waals surface area (Å²) in [6, 6.07) is 9.81. The molecule has 0 fully saturated rings. The number of amides is 2. The van der Waals surface area contributed by atoms with E-state index in [1.807, 2.05) is 18.0 Å². The molecule has 3 rings (SSSR count). The van der Waals surface area contributed by atoms with E-state index in [4.69, 9.17) is 10.5 Å². The third-order valence-corrected chi connectivity index (χ3v) is 4.24. The largest absolute Gasteiger partial charge is 0.489 e. The first-order valence-corrected chi connectivity index (χ1v) is 8.30. The molecule has 0 atom stereocenters. The molecule has 1 heterocycles. The van der Waals surface area contributed by atoms with E-state index in [-0.39, 0.29) is 18.8 Å². The van der Waals surface area contributed by atoms with Gasteiger partial charge in [-0.05, 0) is 23.8 Å². The average molecular weight is 357 g/mol. The zero-order valence-corrected chi connectivity index (χ0v) is 14.4. The van der Waals surface area contributed by atoms with Gasteiger partial charge < -0.3 is 20.7 Å². The smallest absolute Gasteiger partial charge is 0.255 e. The van der Waals surface area contributed by atoms with Crippen molar-refractivity contribution in [2.75, 3.05) is 31.6 Å². The van der Waals surface area contributed by atoms with Crippen molar-refractivity contribution in [3.05, 3.63) is 47.8 Å². The quantitative estimate of drug-likeness (QED) is 0.856. The number of rotatable bonds is 5. The summed E-state index contributed by atoms with van der Waals surface area (Å²) in [6.07, 6.45) is 0.0433. The summed E-state index contributed by atoms with van der Waals surface area (Å²) in [5.74, 6) is -0.804. The third kappa shape index (κ3) is 3.61. The monoisotopic (exact) mass is 357 g/mol. The molecular formula is C19H20FN3O3. The highest BCUT2D eigenvalue weighted by molar-refractivity contribution is 6.01. The number of nitrogens with two attached hydrogens (primary N) is 1. The third-order valence-electron chi connectivity index (χ3n) is 4.24. The van der Waals surface area contributed by atoms with Crippen molar-refractivity contribution in [3.63, 3.8) is 0 Å². The number of halogens is 1. The fourth-order valence-corrected chi connectivity index (χ4v) is 2.87. The van der Waals surface area contributed by atoms with Crippen molar-refractivity contribution < 1.29 is 18.7 Å². The van der Waals surface area contributed by atoms with Gasteiger partial charge in [0, 0.05) is 25.6 Å². The maximum Gasteiger partial charge on any atom is 0.255 e. The number of benzene rings is 2. The molecule has 2 aromatic rings. The van der Waals surface area contributed by atoms with Crippen molar-refractivity contribution in [1.29, 1.82) is 0 Å². The van der Waals surface area contributed by atoms with Gasteiger partial charge in [-0.3, -0.25) is 9.59 Å². The second-order valence-electron chi connectivity index (χ2n) is 6.09. The second kappa shape index (κ2) is 7.43. The Bertz CT molecular complexity index is 854. The average Bonchev–Trinajstić information content (AvgIpc) is 2.61. The molecule has 2 amide bonds. The van der Waals surface area contributed by atoms with E-state index in [1.54, 1.807) is 24.3 Å². The Morgan fingerprint density at radius 3 is 2.81 bits per heavy atom. The first-order chi connectivity index (χ1) is 12.5. The predicted octanol–water partition coefficient (Wildman–Crippen LogP) is 1.93. The van der Waals surface area contributed by atoms with Gasteiger partial charge in [0.2, 0.25) is 5.91 Å². The van der Waals surface area contributed by atoms with Crippen molar-refractivity contribution in [3.8, 4) is 16.9 Å². The lowest BCUT2D eigenvalue weighted by Gasteiger charge is -2.29. The summed E-state index contributed by atoms with van der Waals surface area (Å²) in [7, 11) is 1.89. The van der Waals surface area contributed by atoms with Crippen LogP contribution in [0.15, 0.2) is 36.4 Å². The fraction of sp³-hybridized carbons (Fsp3) is 0.263. The number of primary amides is 1. The number of hydrogen-bond donors (Lipinski definition) is 2. The minimum Gasteiger partial charge on any atom is -0.489 e. The van der Waals surface area contributed by atoms with E-state index in [9.17, 15) is 14.0 Å². The zero-order chi connectivity index (χ0) is 18.7. The van der Waals surface area contributed by atoms with Gasteiger partial charge in [-0.15, -0.1) is 0 Å². The van der Waals surface area contributed by atoms with E-state index in [1.165, 1.54) is 6.07 Å². The maximum absolute atomic E-state index is 14.2. The first kappa shape index (κ1) is 17.7. The molecular weight excluding hydrogens is 337 g/mol. The number of fused-ring (bicyclic) bond motifs is 1. The molecule has 0 spiro atoms. The lowest BCUT2D eigenvalue weighted by Crippen LogP contribution is -2.32. The van der Waals surface area contributed by atoms with Crippen LogP contribution in [0.25, 0.3) is 11.1 Å². The van der Waals surface area contributed by atoms with Gasteiger partial charge in [-0.25, -0.2) is 4.39 Å². The SMILES string of the molecule is CN1CCOc2c(C(=O)NCCC(N)=O)cc(-c3ccccc3F)cc21. The van der Waals surface area contributed by atoms with Gasteiger partial charge >= 0.3 is 0 Å². The van der Waals surface area contributed by atoms with Crippen LogP contribution in [0.1, 0.15) is 16.8 Å². The molecule has 0 saturated carbocycles. The molecule has 136 valence electrons. The van der Waals surface area contributed by atoms with Crippen LogP contribution < -0.4 is 20.7 Å². The van der Waals surface area contributed by atoms with Crippen molar-refractivity contribution in [2.45, 2.75) is 6.42 Å². The highest BCUT2D eigenvalue weighted by Gasteiger charge is 2.24. The maximum atomic E-state index is 14.2. The summed E-state index contributed by atoms with van der Waals surface area (Å²) in [6.45, 7) is 1.24. The normalized spacial score (nSPS) is 12.9. The molecule has 0 radical (unpaired) electrons. The van der Waals surface area contributed by atoms with Crippen LogP contribution in [0.4, 0.5) is 10.1 Å². The number of nitrogens with zero attached hydrogens (tertiary/aromatic N) is 1. The number of likely N-dealkylation sites (N-methyl/N-ethyl adjacent to an activating group) is 1. The van der Waals surface area contributed by atoms with Crippen LogP contribution in [0, 0.1) is 5.82 Å². The van der Waals surface area contributed by atoms with Crippen LogP contribution in [0.2, 0.25) is 0 Å². The molecule has 26 heavy (non-hydrogen) atoms. The highest BCUT2D eigenvalue weighted by Crippen LogP contribution is 2.39. The molecule has 0 aromatic heterocycles. The second-order valence-corrected chi connectivity index (χ2v) is 6.09. The standard InChI is InChI=1S/C19H20FN3O3/c1-23-8-9-26-18-14(19(25)22-7-6-17(21)24)10-12(11-16(18)23)13-4-2-3-5-15(13)20/h2-5,10-11H,6-9H2,1H3,(H2,21,24)(H,22,25). The van der Waals surface area contributed by atoms with Crippen molar-refractivity contribution >= 4 is 17.5 Å². The van der Waals surface area contributed by atoms with Crippen molar-refractivity contribution in [2.24, 2.45) is 5.73 Å². The lowest BCUT2D eigenvalue weighted by molar-refractivity contribution is -0.117. The molecule has 0 bridgehead atoms. The van der Waals surface area contributed by atoms with Gasteiger partial charge in [0.05, 0.1) is 17.8 Å². The summed E-state index contributed by atoms with van der Waals surface area (Å²) < 4.78 is 19.9. The topological polar surface area (TPSA) is 84.7 Å². The summed E-state index contributed by atoms with van der Waals surface area (Å²) in [4.78, 5) is 25.4. The fourth-order valence-electron chi connectivity index (χ4n) is 2.87. The van der Waals surface area contributed by atoms with Gasteiger partial charge in [0.1, 0.15) is 12.4 Å². The number of carbonyl (C=O) groups excluding carboxylic acids is 2. The number of nitrogens with one attached hydrogen (secondary N) is 1. The van der Waals surface area contributed by atoms with Crippen LogP contribution in [-0.2, 0) is 4.79 Å². The zero-order valence-electron chi connectivity index (χ0n) is 14.4. The molecule has 1 aliphatic heterocycles. The van der Waals surface area contributed by atoms with E-state index in [0.29, 0.717) is 35.6 Å². The Kier molecular flexibility index (Phi) is 5.06. The predicted molar refractivity (Wildman–Crippen MR) is 96.7 cm³/mol. The first-order valence-electron chi connectivity index (χ1n) is 8.30. The Morgan fingerprint density at radius 1 is 1.31 bits per heavy atom. The van der Waals surface area contributed by atoms with E-state index >= 15 is 0 Å². The van der Waals surface area contributed by atoms with Crippen LogP contribution >= 0.6 is 0 Å². The summed E-state index contributed by atoms with van der Waals surface area (Å²) >= 11 is 0. The van der Waals surface area contributed by atoms with E-state index in [2.05, 4.69) is 5.32 Å². The number of hydrogen-bond acceptors (Lipinski definition) is 4. The molecule has 1 aliphatic rings. The summed E-state index contributed by atoms with van der Waals surface area (Å²) in [5, 5.41) is 2.66. The molecule has 0 aliphatic carbocycles. The molecule has 7 heteroatoms. The Morgan fingerprint density at radius 2 is 2.08 bits per heavy atom. The van der Waals surface area contributed by atoms with Gasteiger partial charge in [-0.2, -0.15) is 0 Å². The molecule has 3 N–H and O–H groups in total. The number of anilines is 1. The van der Waals surface area contributed by atoms with E-state index in [0.717, 1.165) is 5.69 Å². The number of carbonyl (C=O) groups is 2. The number of ether oxygens (including phenoxy) is 1. The summed E-state index contributed by atoms with van der Waals surface area (Å²) in [5.41, 5.74) is 7.11. The van der Waals surface area contributed by atoms with Gasteiger partial charge in [-0.1, -0.05) is 18.2 Å². The molecule has 6 nitrogen and oxygen atoms in total. The molecule has 2 aromatic carbocycles. The van der Waals surface area contributed by atoms with Crippen LogP contribution in [0.3, 0.4) is 0 Å². The van der Waals surface area contributed by atoms with Gasteiger partial charge in [0.25, 0.3) is 5.91 Å².